The number of carbonyl (C=O) groups excluding carboxylic acids is 1. The summed E-state index contributed by atoms with van der Waals surface area (Å²) in [4.78, 5) is 16.9. The quantitative estimate of drug-likeness (QED) is 0.642. The fraction of sp³-hybridized carbons (Fsp3) is 0.421. The van der Waals surface area contributed by atoms with Gasteiger partial charge in [-0.2, -0.15) is 0 Å². The van der Waals surface area contributed by atoms with Crippen molar-refractivity contribution >= 4 is 41.4 Å². The third kappa shape index (κ3) is 6.66. The van der Waals surface area contributed by atoms with Crippen LogP contribution in [0.5, 0.6) is 0 Å². The van der Waals surface area contributed by atoms with Crippen LogP contribution in [0.2, 0.25) is 0 Å². The number of halogens is 1. The minimum absolute atomic E-state index is 0. The summed E-state index contributed by atoms with van der Waals surface area (Å²) < 4.78 is 0. The van der Waals surface area contributed by atoms with E-state index in [0.29, 0.717) is 12.5 Å². The van der Waals surface area contributed by atoms with E-state index in [1.165, 1.54) is 4.88 Å². The zero-order valence-electron chi connectivity index (χ0n) is 15.0. The number of thioether (sulfide) groups is 1. The number of nitrogens with two attached hydrogens (primary N) is 1. The molecular formula is C19H27ClN2OS2. The van der Waals surface area contributed by atoms with E-state index >= 15 is 0 Å². The predicted molar refractivity (Wildman–Crippen MR) is 112 cm³/mol. The highest BCUT2D eigenvalue weighted by Crippen LogP contribution is 2.28. The summed E-state index contributed by atoms with van der Waals surface area (Å²) in [6.07, 6.45) is 0.824. The number of hydrogen-bond donors (Lipinski definition) is 1. The lowest BCUT2D eigenvalue weighted by atomic mass is 10.0. The highest BCUT2D eigenvalue weighted by molar-refractivity contribution is 7.98. The van der Waals surface area contributed by atoms with E-state index in [9.17, 15) is 4.79 Å². The summed E-state index contributed by atoms with van der Waals surface area (Å²) >= 11 is 3.46. The van der Waals surface area contributed by atoms with E-state index in [-0.39, 0.29) is 24.4 Å². The first-order valence-electron chi connectivity index (χ1n) is 8.24. The molecule has 1 unspecified atom stereocenters. The van der Waals surface area contributed by atoms with Crippen LogP contribution in [-0.4, -0.2) is 30.4 Å². The van der Waals surface area contributed by atoms with Gasteiger partial charge in [-0.3, -0.25) is 4.79 Å². The molecule has 6 heteroatoms. The summed E-state index contributed by atoms with van der Waals surface area (Å²) in [6, 6.07) is 12.2. The second kappa shape index (κ2) is 10.9. The molecule has 0 fully saturated rings. The Bertz CT molecular complexity index is 647. The number of rotatable bonds is 8. The van der Waals surface area contributed by atoms with Gasteiger partial charge in [-0.1, -0.05) is 32.0 Å². The Labute approximate surface area is 165 Å². The molecule has 0 bridgehead atoms. The van der Waals surface area contributed by atoms with Crippen LogP contribution in [0.3, 0.4) is 0 Å². The second-order valence-corrected chi connectivity index (χ2v) is 8.34. The molecule has 1 atom stereocenters. The van der Waals surface area contributed by atoms with Crippen molar-refractivity contribution in [1.29, 1.82) is 0 Å². The van der Waals surface area contributed by atoms with Gasteiger partial charge >= 0.3 is 0 Å². The standard InChI is InChI=1S/C19H26N2OS2.ClH/c1-14(2)17(20)10-11-21(3)19(22)16-8-4-5-9-18(16)24-13-15-7-6-12-23-15;/h4-9,12,14,17H,10-11,13,20H2,1-3H3;1H. The highest BCUT2D eigenvalue weighted by atomic mass is 35.5. The number of carbonyl (C=O) groups is 1. The molecule has 0 aliphatic rings. The fourth-order valence-corrected chi connectivity index (χ4v) is 4.11. The van der Waals surface area contributed by atoms with Gasteiger partial charge in [-0.15, -0.1) is 35.5 Å². The monoisotopic (exact) mass is 398 g/mol. The number of benzene rings is 1. The first-order valence-corrected chi connectivity index (χ1v) is 10.1. The molecular weight excluding hydrogens is 372 g/mol. The fourth-order valence-electron chi connectivity index (χ4n) is 2.30. The SMILES string of the molecule is CC(C)C(N)CCN(C)C(=O)c1ccccc1SCc1cccs1.Cl. The highest BCUT2D eigenvalue weighted by Gasteiger charge is 2.17. The topological polar surface area (TPSA) is 46.3 Å². The van der Waals surface area contributed by atoms with Gasteiger partial charge in [0, 0.05) is 35.2 Å². The van der Waals surface area contributed by atoms with E-state index < -0.39 is 0 Å². The first-order chi connectivity index (χ1) is 11.5. The van der Waals surface area contributed by atoms with Gasteiger partial charge in [0.15, 0.2) is 0 Å². The Morgan fingerprint density at radius 1 is 1.24 bits per heavy atom. The van der Waals surface area contributed by atoms with E-state index in [1.54, 1.807) is 28.0 Å². The van der Waals surface area contributed by atoms with Crippen LogP contribution >= 0.6 is 35.5 Å². The molecule has 1 aromatic heterocycles. The third-order valence-corrected chi connectivity index (χ3v) is 6.25. The van der Waals surface area contributed by atoms with Gasteiger partial charge in [-0.25, -0.2) is 0 Å². The summed E-state index contributed by atoms with van der Waals surface area (Å²) in [5, 5.41) is 2.08. The van der Waals surface area contributed by atoms with Gasteiger partial charge < -0.3 is 10.6 Å². The lowest BCUT2D eigenvalue weighted by Crippen LogP contribution is -2.34. The zero-order valence-corrected chi connectivity index (χ0v) is 17.4. The molecule has 0 radical (unpaired) electrons. The van der Waals surface area contributed by atoms with Crippen molar-refractivity contribution in [3.8, 4) is 0 Å². The molecule has 2 rings (SSSR count). The number of amides is 1. The van der Waals surface area contributed by atoms with Crippen molar-refractivity contribution in [1.82, 2.24) is 4.90 Å². The van der Waals surface area contributed by atoms with E-state index in [1.807, 2.05) is 31.3 Å². The van der Waals surface area contributed by atoms with Crippen molar-refractivity contribution in [2.24, 2.45) is 11.7 Å². The average molecular weight is 399 g/mol. The van der Waals surface area contributed by atoms with E-state index in [2.05, 4.69) is 31.4 Å². The van der Waals surface area contributed by atoms with Gasteiger partial charge in [0.2, 0.25) is 0 Å². The van der Waals surface area contributed by atoms with Crippen LogP contribution in [0, 0.1) is 5.92 Å². The molecule has 0 aliphatic carbocycles. The van der Waals surface area contributed by atoms with Crippen molar-refractivity contribution in [2.45, 2.75) is 37.0 Å². The minimum atomic E-state index is 0. The van der Waals surface area contributed by atoms with Crippen molar-refractivity contribution in [2.75, 3.05) is 13.6 Å². The zero-order chi connectivity index (χ0) is 17.5. The molecule has 0 saturated heterocycles. The van der Waals surface area contributed by atoms with Crippen LogP contribution in [0.4, 0.5) is 0 Å². The molecule has 0 saturated carbocycles. The smallest absolute Gasteiger partial charge is 0.254 e. The predicted octanol–water partition coefficient (Wildman–Crippen LogP) is 4.91. The van der Waals surface area contributed by atoms with E-state index in [0.717, 1.165) is 22.6 Å². The van der Waals surface area contributed by atoms with Crippen LogP contribution in [0.1, 0.15) is 35.5 Å². The molecule has 3 nitrogen and oxygen atoms in total. The summed E-state index contributed by atoms with van der Waals surface area (Å²) in [6.45, 7) is 4.91. The maximum Gasteiger partial charge on any atom is 0.254 e. The molecule has 1 aromatic carbocycles. The first kappa shape index (κ1) is 22.0. The molecule has 1 amide bonds. The Hall–Kier alpha value is -1.01. The largest absolute Gasteiger partial charge is 0.342 e. The Morgan fingerprint density at radius 3 is 2.60 bits per heavy atom. The minimum Gasteiger partial charge on any atom is -0.342 e. The normalized spacial score (nSPS) is 11.9. The third-order valence-electron chi connectivity index (χ3n) is 4.07. The van der Waals surface area contributed by atoms with Crippen molar-refractivity contribution in [3.05, 3.63) is 52.2 Å². The van der Waals surface area contributed by atoms with Gasteiger partial charge in [0.25, 0.3) is 5.91 Å². The maximum absolute atomic E-state index is 12.8. The summed E-state index contributed by atoms with van der Waals surface area (Å²) in [5.74, 6) is 1.39. The Balaban J connectivity index is 0.00000312. The molecule has 25 heavy (non-hydrogen) atoms. The number of thiophene rings is 1. The molecule has 1 heterocycles. The maximum atomic E-state index is 12.8. The summed E-state index contributed by atoms with van der Waals surface area (Å²) in [5.41, 5.74) is 6.87. The second-order valence-electron chi connectivity index (χ2n) is 6.29. The Morgan fingerprint density at radius 2 is 1.96 bits per heavy atom. The molecule has 2 aromatic rings. The van der Waals surface area contributed by atoms with Gasteiger partial charge in [0.1, 0.15) is 0 Å². The molecule has 0 aliphatic heterocycles. The van der Waals surface area contributed by atoms with Crippen molar-refractivity contribution < 1.29 is 4.79 Å². The van der Waals surface area contributed by atoms with E-state index in [4.69, 9.17) is 5.73 Å². The van der Waals surface area contributed by atoms with Crippen LogP contribution in [-0.2, 0) is 5.75 Å². The lowest BCUT2D eigenvalue weighted by Gasteiger charge is -2.22. The average Bonchev–Trinajstić information content (AvgIpc) is 3.10. The van der Waals surface area contributed by atoms with Crippen molar-refractivity contribution in [3.63, 3.8) is 0 Å². The summed E-state index contributed by atoms with van der Waals surface area (Å²) in [7, 11) is 1.86. The number of hydrogen-bond acceptors (Lipinski definition) is 4. The van der Waals surface area contributed by atoms with Gasteiger partial charge in [0.05, 0.1) is 5.56 Å². The molecule has 0 spiro atoms. The van der Waals surface area contributed by atoms with Gasteiger partial charge in [-0.05, 0) is 35.9 Å². The van der Waals surface area contributed by atoms with Crippen LogP contribution in [0.25, 0.3) is 0 Å². The molecule has 138 valence electrons. The van der Waals surface area contributed by atoms with Crippen LogP contribution < -0.4 is 5.73 Å². The van der Waals surface area contributed by atoms with Crippen LogP contribution in [0.15, 0.2) is 46.7 Å². The number of nitrogens with zero attached hydrogens (tertiary/aromatic N) is 1. The molecule has 2 N–H and O–H groups in total. The lowest BCUT2D eigenvalue weighted by molar-refractivity contribution is 0.0786. The Kier molecular flexibility index (Phi) is 9.57.